The van der Waals surface area contributed by atoms with Crippen molar-refractivity contribution in [3.05, 3.63) is 64.7 Å². The van der Waals surface area contributed by atoms with Gasteiger partial charge in [0.25, 0.3) is 0 Å². The molecule has 0 unspecified atom stereocenters. The highest BCUT2D eigenvalue weighted by Gasteiger charge is 2.17. The van der Waals surface area contributed by atoms with E-state index in [9.17, 15) is 9.59 Å². The van der Waals surface area contributed by atoms with E-state index >= 15 is 0 Å². The second kappa shape index (κ2) is 10.0. The molecule has 0 aliphatic rings. The minimum atomic E-state index is -0.351. The van der Waals surface area contributed by atoms with Gasteiger partial charge in [-0.15, -0.1) is 0 Å². The van der Waals surface area contributed by atoms with Crippen molar-refractivity contribution in [2.75, 3.05) is 38.2 Å². The molecule has 0 heterocycles. The van der Waals surface area contributed by atoms with Crippen LogP contribution in [0.5, 0.6) is 0 Å². The van der Waals surface area contributed by atoms with Gasteiger partial charge in [-0.3, -0.25) is 14.5 Å². The predicted molar refractivity (Wildman–Crippen MR) is 101 cm³/mol. The Balaban J connectivity index is 2.19. The van der Waals surface area contributed by atoms with E-state index in [1.165, 1.54) is 6.07 Å². The van der Waals surface area contributed by atoms with Gasteiger partial charge in [-0.05, 0) is 18.2 Å². The summed E-state index contributed by atoms with van der Waals surface area (Å²) in [6, 6.07) is 13.4. The van der Waals surface area contributed by atoms with Crippen LogP contribution in [-0.4, -0.2) is 59.7 Å². The zero-order chi connectivity index (χ0) is 18.9. The van der Waals surface area contributed by atoms with Crippen molar-refractivity contribution in [3.8, 4) is 0 Å². The molecule has 0 aromatic heterocycles. The van der Waals surface area contributed by atoms with Gasteiger partial charge >= 0.3 is 0 Å². The fraction of sp³-hybridized carbons (Fsp3) is 0.263. The lowest BCUT2D eigenvalue weighted by Gasteiger charge is -2.20. The fourth-order valence-electron chi connectivity index (χ4n) is 2.50. The Morgan fingerprint density at radius 1 is 1.00 bits per heavy atom. The number of nitrogens with one attached hydrogen (secondary N) is 1. The van der Waals surface area contributed by atoms with Crippen molar-refractivity contribution in [2.45, 2.75) is 0 Å². The Labute approximate surface area is 157 Å². The number of nitrogens with zero attached hydrogens (tertiary/aromatic N) is 1. The second-order valence-corrected chi connectivity index (χ2v) is 6.09. The van der Waals surface area contributed by atoms with E-state index in [-0.39, 0.29) is 44.5 Å². The highest BCUT2D eigenvalue weighted by molar-refractivity contribution is 6.31. The summed E-state index contributed by atoms with van der Waals surface area (Å²) in [5.74, 6) is -0.595. The van der Waals surface area contributed by atoms with E-state index in [0.717, 1.165) is 0 Å². The molecule has 0 fully saturated rings. The number of rotatable bonds is 9. The van der Waals surface area contributed by atoms with Crippen molar-refractivity contribution < 1.29 is 19.8 Å². The number of amides is 1. The first-order valence-corrected chi connectivity index (χ1v) is 8.56. The molecule has 138 valence electrons. The SMILES string of the molecule is O=C(CN(CCO)CCO)Nc1ccc(Cl)cc1C(=O)c1ccccc1. The van der Waals surface area contributed by atoms with Crippen LogP contribution < -0.4 is 5.32 Å². The van der Waals surface area contributed by atoms with Crippen molar-refractivity contribution in [1.29, 1.82) is 0 Å². The number of aliphatic hydroxyl groups excluding tert-OH is 2. The summed E-state index contributed by atoms with van der Waals surface area (Å²) in [6.07, 6.45) is 0. The standard InChI is InChI=1S/C19H21ClN2O4/c20-15-6-7-17(21-18(25)13-22(8-10-23)9-11-24)16(12-15)19(26)14-4-2-1-3-5-14/h1-7,12,23-24H,8-11,13H2,(H,21,25). The molecule has 6 nitrogen and oxygen atoms in total. The van der Waals surface area contributed by atoms with Crippen molar-refractivity contribution in [2.24, 2.45) is 0 Å². The topological polar surface area (TPSA) is 89.9 Å². The molecule has 3 N–H and O–H groups in total. The molecule has 0 saturated heterocycles. The molecule has 26 heavy (non-hydrogen) atoms. The number of aliphatic hydroxyl groups is 2. The van der Waals surface area contributed by atoms with E-state index in [0.29, 0.717) is 21.8 Å². The van der Waals surface area contributed by atoms with E-state index in [2.05, 4.69) is 5.32 Å². The Morgan fingerprint density at radius 2 is 1.65 bits per heavy atom. The van der Waals surface area contributed by atoms with Crippen LogP contribution in [0.1, 0.15) is 15.9 Å². The van der Waals surface area contributed by atoms with Gasteiger partial charge in [-0.25, -0.2) is 0 Å². The average molecular weight is 377 g/mol. The third-order valence-electron chi connectivity index (χ3n) is 3.74. The van der Waals surface area contributed by atoms with Gasteiger partial charge in [0.15, 0.2) is 5.78 Å². The van der Waals surface area contributed by atoms with Gasteiger partial charge in [-0.2, -0.15) is 0 Å². The number of hydrogen-bond donors (Lipinski definition) is 3. The summed E-state index contributed by atoms with van der Waals surface area (Å²) in [7, 11) is 0. The molecule has 1 amide bonds. The zero-order valence-electron chi connectivity index (χ0n) is 14.2. The summed E-state index contributed by atoms with van der Waals surface area (Å²) >= 11 is 6.02. The van der Waals surface area contributed by atoms with Gasteiger partial charge < -0.3 is 15.5 Å². The first-order valence-electron chi connectivity index (χ1n) is 8.18. The third kappa shape index (κ3) is 5.64. The molecule has 0 radical (unpaired) electrons. The Hall–Kier alpha value is -2.25. The molecule has 2 aromatic rings. The van der Waals surface area contributed by atoms with Crippen LogP contribution in [0.3, 0.4) is 0 Å². The van der Waals surface area contributed by atoms with Crippen LogP contribution >= 0.6 is 11.6 Å². The van der Waals surface area contributed by atoms with Crippen LogP contribution in [0.15, 0.2) is 48.5 Å². The quantitative estimate of drug-likeness (QED) is 0.580. The van der Waals surface area contributed by atoms with Crippen LogP contribution in [0.2, 0.25) is 5.02 Å². The summed E-state index contributed by atoms with van der Waals surface area (Å²) in [5.41, 5.74) is 1.15. The molecule has 7 heteroatoms. The first-order chi connectivity index (χ1) is 12.5. The Morgan fingerprint density at radius 3 is 2.27 bits per heavy atom. The first kappa shape index (κ1) is 20.1. The largest absolute Gasteiger partial charge is 0.395 e. The van der Waals surface area contributed by atoms with Gasteiger partial charge in [0.2, 0.25) is 5.91 Å². The van der Waals surface area contributed by atoms with E-state index < -0.39 is 0 Å². The number of halogens is 1. The van der Waals surface area contributed by atoms with E-state index in [1.807, 2.05) is 6.07 Å². The monoisotopic (exact) mass is 376 g/mol. The highest BCUT2D eigenvalue weighted by atomic mass is 35.5. The number of ketones is 1. The van der Waals surface area contributed by atoms with Crippen LogP contribution in [0.4, 0.5) is 5.69 Å². The van der Waals surface area contributed by atoms with Crippen LogP contribution in [-0.2, 0) is 4.79 Å². The van der Waals surface area contributed by atoms with Crippen LogP contribution in [0, 0.1) is 0 Å². The number of benzene rings is 2. The van der Waals surface area contributed by atoms with E-state index in [4.69, 9.17) is 21.8 Å². The maximum absolute atomic E-state index is 12.7. The Bertz CT molecular complexity index is 746. The molecule has 0 bridgehead atoms. The highest BCUT2D eigenvalue weighted by Crippen LogP contribution is 2.23. The molecule has 0 aliphatic heterocycles. The van der Waals surface area contributed by atoms with Crippen molar-refractivity contribution in [3.63, 3.8) is 0 Å². The molecular formula is C19H21ClN2O4. The molecule has 0 spiro atoms. The lowest BCUT2D eigenvalue weighted by atomic mass is 10.0. The van der Waals surface area contributed by atoms with Gasteiger partial charge in [-0.1, -0.05) is 41.9 Å². The molecule has 2 rings (SSSR count). The molecule has 0 atom stereocenters. The Kier molecular flexibility index (Phi) is 7.74. The molecule has 0 aliphatic carbocycles. The fourth-order valence-corrected chi connectivity index (χ4v) is 2.68. The molecule has 0 saturated carbocycles. The number of carbonyl (C=O) groups excluding carboxylic acids is 2. The number of hydrogen-bond acceptors (Lipinski definition) is 5. The molecule has 2 aromatic carbocycles. The summed E-state index contributed by atoms with van der Waals surface area (Å²) in [6.45, 7) is 0.287. The summed E-state index contributed by atoms with van der Waals surface area (Å²) in [5, 5.41) is 21.2. The average Bonchev–Trinajstić information content (AvgIpc) is 2.63. The minimum absolute atomic E-state index is 0.0112. The number of anilines is 1. The summed E-state index contributed by atoms with van der Waals surface area (Å²) < 4.78 is 0. The van der Waals surface area contributed by atoms with Crippen molar-refractivity contribution >= 4 is 29.0 Å². The van der Waals surface area contributed by atoms with Gasteiger partial charge in [0.05, 0.1) is 25.4 Å². The zero-order valence-corrected chi connectivity index (χ0v) is 14.9. The third-order valence-corrected chi connectivity index (χ3v) is 3.97. The smallest absolute Gasteiger partial charge is 0.238 e. The lowest BCUT2D eigenvalue weighted by molar-refractivity contribution is -0.117. The number of carbonyl (C=O) groups is 2. The normalized spacial score (nSPS) is 10.8. The van der Waals surface area contributed by atoms with Crippen molar-refractivity contribution in [1.82, 2.24) is 4.90 Å². The maximum atomic E-state index is 12.7. The molecular weight excluding hydrogens is 356 g/mol. The second-order valence-electron chi connectivity index (χ2n) is 5.66. The van der Waals surface area contributed by atoms with Gasteiger partial charge in [0, 0.05) is 29.2 Å². The van der Waals surface area contributed by atoms with Crippen LogP contribution in [0.25, 0.3) is 0 Å². The summed E-state index contributed by atoms with van der Waals surface area (Å²) in [4.78, 5) is 26.7. The maximum Gasteiger partial charge on any atom is 0.238 e. The lowest BCUT2D eigenvalue weighted by Crippen LogP contribution is -2.37. The minimum Gasteiger partial charge on any atom is -0.395 e. The van der Waals surface area contributed by atoms with Gasteiger partial charge in [0.1, 0.15) is 0 Å². The predicted octanol–water partition coefficient (Wildman–Crippen LogP) is 1.80. The van der Waals surface area contributed by atoms with E-state index in [1.54, 1.807) is 41.3 Å².